The second-order valence-electron chi connectivity index (χ2n) is 3.97. The number of aliphatic hydroxyl groups excluding tert-OH is 1. The molecule has 88 valence electrons. The molecule has 0 bridgehead atoms. The molecule has 0 saturated carbocycles. The third-order valence-corrected chi connectivity index (χ3v) is 3.61. The average Bonchev–Trinajstić information content (AvgIpc) is 2.18. The van der Waals surface area contributed by atoms with Crippen LogP contribution in [0.4, 0.5) is 0 Å². The van der Waals surface area contributed by atoms with Crippen LogP contribution in [0, 0.1) is 5.92 Å². The van der Waals surface area contributed by atoms with Gasteiger partial charge >= 0.3 is 5.97 Å². The lowest BCUT2D eigenvalue weighted by Gasteiger charge is -2.22. The number of aliphatic carboxylic acids is 1. The highest BCUT2D eigenvalue weighted by atomic mass is 32.2. The molecule has 0 aromatic rings. The van der Waals surface area contributed by atoms with E-state index in [-0.39, 0.29) is 6.42 Å². The van der Waals surface area contributed by atoms with Crippen molar-refractivity contribution in [1.29, 1.82) is 0 Å². The van der Waals surface area contributed by atoms with Crippen molar-refractivity contribution in [2.24, 2.45) is 5.92 Å². The van der Waals surface area contributed by atoms with Crippen LogP contribution in [-0.2, 0) is 4.79 Å². The topological polar surface area (TPSA) is 69.6 Å². The summed E-state index contributed by atoms with van der Waals surface area (Å²) in [6.45, 7) is 1.28. The van der Waals surface area contributed by atoms with Crippen LogP contribution >= 0.6 is 11.8 Å². The Kier molecular flexibility index (Phi) is 6.05. The van der Waals surface area contributed by atoms with Gasteiger partial charge in [0.25, 0.3) is 0 Å². The van der Waals surface area contributed by atoms with Crippen LogP contribution in [0.2, 0.25) is 0 Å². The van der Waals surface area contributed by atoms with Crippen LogP contribution in [0.5, 0.6) is 0 Å². The van der Waals surface area contributed by atoms with E-state index in [2.05, 4.69) is 5.32 Å². The Morgan fingerprint density at radius 2 is 2.13 bits per heavy atom. The lowest BCUT2D eigenvalue weighted by molar-refractivity contribution is -0.139. The summed E-state index contributed by atoms with van der Waals surface area (Å²) in [4.78, 5) is 10.3. The molecule has 1 aliphatic heterocycles. The van der Waals surface area contributed by atoms with Crippen molar-refractivity contribution in [3.63, 3.8) is 0 Å². The van der Waals surface area contributed by atoms with Crippen molar-refractivity contribution in [3.8, 4) is 0 Å². The first-order chi connectivity index (χ1) is 7.18. The van der Waals surface area contributed by atoms with Crippen molar-refractivity contribution in [2.75, 3.05) is 24.6 Å². The van der Waals surface area contributed by atoms with E-state index in [0.717, 1.165) is 6.54 Å². The van der Waals surface area contributed by atoms with E-state index < -0.39 is 12.1 Å². The van der Waals surface area contributed by atoms with Gasteiger partial charge < -0.3 is 15.5 Å². The van der Waals surface area contributed by atoms with Crippen LogP contribution in [0.15, 0.2) is 0 Å². The smallest absolute Gasteiger partial charge is 0.306 e. The van der Waals surface area contributed by atoms with Gasteiger partial charge in [-0.25, -0.2) is 0 Å². The van der Waals surface area contributed by atoms with Crippen LogP contribution in [0.3, 0.4) is 0 Å². The molecule has 15 heavy (non-hydrogen) atoms. The monoisotopic (exact) mass is 233 g/mol. The summed E-state index contributed by atoms with van der Waals surface area (Å²) in [6, 6.07) is 0. The molecular weight excluding hydrogens is 214 g/mol. The van der Waals surface area contributed by atoms with Gasteiger partial charge in [0, 0.05) is 6.54 Å². The number of thioether (sulfide) groups is 1. The van der Waals surface area contributed by atoms with Crippen LogP contribution in [0.25, 0.3) is 0 Å². The van der Waals surface area contributed by atoms with Crippen molar-refractivity contribution in [3.05, 3.63) is 0 Å². The van der Waals surface area contributed by atoms with Crippen molar-refractivity contribution in [2.45, 2.75) is 25.4 Å². The fraction of sp³-hybridized carbons (Fsp3) is 0.900. The van der Waals surface area contributed by atoms with Gasteiger partial charge in [-0.3, -0.25) is 4.79 Å². The number of carboxylic acid groups (broad SMARTS) is 1. The number of hydrogen-bond donors (Lipinski definition) is 3. The third-order valence-electron chi connectivity index (χ3n) is 2.56. The second-order valence-corrected chi connectivity index (χ2v) is 5.19. The van der Waals surface area contributed by atoms with Gasteiger partial charge in [0.05, 0.1) is 12.5 Å². The molecule has 0 aliphatic carbocycles. The van der Waals surface area contributed by atoms with E-state index in [1.165, 1.54) is 24.3 Å². The molecule has 3 N–H and O–H groups in total. The molecule has 0 aromatic carbocycles. The van der Waals surface area contributed by atoms with Crippen molar-refractivity contribution >= 4 is 17.7 Å². The van der Waals surface area contributed by atoms with Crippen LogP contribution in [-0.4, -0.2) is 46.9 Å². The number of hydrogen-bond acceptors (Lipinski definition) is 4. The van der Waals surface area contributed by atoms with Crippen LogP contribution < -0.4 is 5.32 Å². The van der Waals surface area contributed by atoms with E-state index in [0.29, 0.717) is 12.5 Å². The molecule has 0 amide bonds. The first kappa shape index (κ1) is 12.8. The highest BCUT2D eigenvalue weighted by Crippen LogP contribution is 2.21. The minimum absolute atomic E-state index is 0.173. The average molecular weight is 233 g/mol. The van der Waals surface area contributed by atoms with Gasteiger partial charge in [-0.1, -0.05) is 0 Å². The number of aliphatic hydroxyl groups is 1. The maximum Gasteiger partial charge on any atom is 0.306 e. The minimum atomic E-state index is -0.946. The number of nitrogens with one attached hydrogen (secondary N) is 1. The summed E-state index contributed by atoms with van der Waals surface area (Å²) >= 11 is 1.99. The SMILES string of the molecule is O=C(O)CC(O)CNCC1CCSCC1. The van der Waals surface area contributed by atoms with Gasteiger partial charge in [-0.15, -0.1) is 0 Å². The lowest BCUT2D eigenvalue weighted by Crippen LogP contribution is -2.33. The Hall–Kier alpha value is -0.260. The van der Waals surface area contributed by atoms with Gasteiger partial charge in [-0.2, -0.15) is 11.8 Å². The molecule has 4 nitrogen and oxygen atoms in total. The zero-order valence-corrected chi connectivity index (χ0v) is 9.63. The summed E-state index contributed by atoms with van der Waals surface area (Å²) in [5, 5.41) is 20.9. The summed E-state index contributed by atoms with van der Waals surface area (Å²) in [5.41, 5.74) is 0. The van der Waals surface area contributed by atoms with E-state index in [9.17, 15) is 9.90 Å². The first-order valence-electron chi connectivity index (χ1n) is 5.37. The summed E-state index contributed by atoms with van der Waals surface area (Å²) < 4.78 is 0. The van der Waals surface area contributed by atoms with Gasteiger partial charge in [0.1, 0.15) is 0 Å². The Bertz CT molecular complexity index is 195. The second kappa shape index (κ2) is 7.09. The number of carbonyl (C=O) groups is 1. The Morgan fingerprint density at radius 3 is 2.73 bits per heavy atom. The maximum atomic E-state index is 10.3. The molecule has 0 spiro atoms. The van der Waals surface area contributed by atoms with E-state index >= 15 is 0 Å². The zero-order chi connectivity index (χ0) is 11.1. The number of rotatable bonds is 6. The molecule has 0 radical (unpaired) electrons. The van der Waals surface area contributed by atoms with E-state index in [1.54, 1.807) is 0 Å². The minimum Gasteiger partial charge on any atom is -0.481 e. The van der Waals surface area contributed by atoms with E-state index in [1.807, 2.05) is 11.8 Å². The molecule has 0 aromatic heterocycles. The van der Waals surface area contributed by atoms with Gasteiger partial charge in [0.15, 0.2) is 0 Å². The Labute approximate surface area is 94.4 Å². The summed E-state index contributed by atoms with van der Waals surface area (Å²) in [6.07, 6.45) is 1.52. The third kappa shape index (κ3) is 6.02. The zero-order valence-electron chi connectivity index (χ0n) is 8.82. The van der Waals surface area contributed by atoms with Gasteiger partial charge in [0.2, 0.25) is 0 Å². The Morgan fingerprint density at radius 1 is 1.47 bits per heavy atom. The number of carboxylic acids is 1. The molecule has 1 rings (SSSR count). The predicted molar refractivity (Wildman–Crippen MR) is 61.2 cm³/mol. The molecule has 1 heterocycles. The van der Waals surface area contributed by atoms with E-state index in [4.69, 9.17) is 5.11 Å². The highest BCUT2D eigenvalue weighted by molar-refractivity contribution is 7.99. The molecular formula is C10H19NO3S. The Balaban J connectivity index is 2.02. The summed E-state index contributed by atoms with van der Waals surface area (Å²) in [5.74, 6) is 2.20. The first-order valence-corrected chi connectivity index (χ1v) is 6.52. The maximum absolute atomic E-state index is 10.3. The molecule has 5 heteroatoms. The largest absolute Gasteiger partial charge is 0.481 e. The molecule has 1 aliphatic rings. The van der Waals surface area contributed by atoms with Crippen molar-refractivity contribution < 1.29 is 15.0 Å². The van der Waals surface area contributed by atoms with Crippen molar-refractivity contribution in [1.82, 2.24) is 5.32 Å². The highest BCUT2D eigenvalue weighted by Gasteiger charge is 2.14. The summed E-state index contributed by atoms with van der Waals surface area (Å²) in [7, 11) is 0. The predicted octanol–water partition coefficient (Wildman–Crippen LogP) is 0.555. The quantitative estimate of drug-likeness (QED) is 0.625. The fourth-order valence-corrected chi connectivity index (χ4v) is 2.88. The molecule has 1 unspecified atom stereocenters. The normalized spacial score (nSPS) is 20.1. The molecule has 1 saturated heterocycles. The van der Waals surface area contributed by atoms with Gasteiger partial charge in [-0.05, 0) is 36.8 Å². The standard InChI is InChI=1S/C10H19NO3S/c12-9(5-10(13)14)7-11-6-8-1-3-15-4-2-8/h8-9,11-12H,1-7H2,(H,13,14). The van der Waals surface area contributed by atoms with Crippen LogP contribution in [0.1, 0.15) is 19.3 Å². The molecule has 1 fully saturated rings. The fourth-order valence-electron chi connectivity index (χ4n) is 1.68. The lowest BCUT2D eigenvalue weighted by atomic mass is 10.0. The molecule has 1 atom stereocenters.